The summed E-state index contributed by atoms with van der Waals surface area (Å²) < 4.78 is 6.15. The van der Waals surface area contributed by atoms with Crippen molar-refractivity contribution in [2.24, 2.45) is 0 Å². The molecule has 0 N–H and O–H groups in total. The highest BCUT2D eigenvalue weighted by molar-refractivity contribution is 6.06. The number of hydrogen-bond donors (Lipinski definition) is 0. The smallest absolute Gasteiger partial charge is 0.135 e. The van der Waals surface area contributed by atoms with Crippen LogP contribution in [0, 0.1) is 0 Å². The largest absolute Gasteiger partial charge is 0.456 e. The van der Waals surface area contributed by atoms with E-state index in [0.29, 0.717) is 0 Å². The van der Waals surface area contributed by atoms with Crippen molar-refractivity contribution in [1.82, 2.24) is 0 Å². The molecule has 0 saturated carbocycles. The molecule has 1 aromatic heterocycles. The lowest BCUT2D eigenvalue weighted by Crippen LogP contribution is -2.28. The van der Waals surface area contributed by atoms with Crippen LogP contribution in [0.5, 0.6) is 0 Å². The molecule has 1 heterocycles. The molecular formula is C67H45NO. The van der Waals surface area contributed by atoms with E-state index in [9.17, 15) is 0 Å². The number of hydrogen-bond acceptors (Lipinski definition) is 2. The fraction of sp³-hybridized carbons (Fsp3) is 0.0149. The van der Waals surface area contributed by atoms with Crippen LogP contribution in [-0.2, 0) is 5.41 Å². The van der Waals surface area contributed by atoms with Crippen LogP contribution in [0.15, 0.2) is 277 Å². The average Bonchev–Trinajstić information content (AvgIpc) is 3.96. The fourth-order valence-corrected chi connectivity index (χ4v) is 10.9. The SMILES string of the molecule is c1ccc(-c2cccc(-c3ccc(N(c4ccc(-c5cccc(-c6ccc7oc8ccccc8c7c6)c5)cc4)c4ccc(C5(c6ccccc6)c6ccccc6-c6ccccc65)cc4)cc3)c2)cc1. The van der Waals surface area contributed by atoms with Crippen LogP contribution in [0.1, 0.15) is 22.3 Å². The van der Waals surface area contributed by atoms with Gasteiger partial charge in [0.25, 0.3) is 0 Å². The van der Waals surface area contributed by atoms with Crippen LogP contribution in [0.25, 0.3) is 77.6 Å². The molecular weight excluding hydrogens is 835 g/mol. The summed E-state index contributed by atoms with van der Waals surface area (Å²) in [6.07, 6.45) is 0. The number of fused-ring (bicyclic) bond motifs is 6. The lowest BCUT2D eigenvalue weighted by atomic mass is 9.68. The standard InChI is InChI=1S/C67H45NO/c1-3-15-46(16-4-1)49-17-13-18-50(43-49)47-29-36-56(37-30-47)68(57-38-31-48(32-39-57)51-19-14-20-52(44-51)53-33-42-66-62(45-53)61-25-9-12-28-65(61)69-66)58-40-34-55(35-41-58)67(54-21-5-2-6-22-54)63-26-10-7-23-59(63)60-24-8-11-27-64(60)67/h1-45H. The Morgan fingerprint density at radius 2 is 0.652 bits per heavy atom. The zero-order valence-corrected chi connectivity index (χ0v) is 37.8. The van der Waals surface area contributed by atoms with Gasteiger partial charge in [0.1, 0.15) is 11.2 Å². The molecule has 0 bridgehead atoms. The summed E-state index contributed by atoms with van der Waals surface area (Å²) >= 11 is 0. The topological polar surface area (TPSA) is 16.4 Å². The van der Waals surface area contributed by atoms with Gasteiger partial charge in [-0.3, -0.25) is 0 Å². The van der Waals surface area contributed by atoms with Crippen LogP contribution >= 0.6 is 0 Å². The molecule has 0 radical (unpaired) electrons. The molecule has 324 valence electrons. The number of rotatable bonds is 9. The minimum absolute atomic E-state index is 0.470. The van der Waals surface area contributed by atoms with Crippen LogP contribution in [-0.4, -0.2) is 0 Å². The lowest BCUT2D eigenvalue weighted by Gasteiger charge is -2.34. The van der Waals surface area contributed by atoms with Gasteiger partial charge in [-0.1, -0.05) is 206 Å². The van der Waals surface area contributed by atoms with E-state index in [2.05, 4.69) is 266 Å². The number of furan rings is 1. The Bertz CT molecular complexity index is 3770. The number of nitrogens with zero attached hydrogens (tertiary/aromatic N) is 1. The molecule has 69 heavy (non-hydrogen) atoms. The molecule has 0 aliphatic heterocycles. The summed E-state index contributed by atoms with van der Waals surface area (Å²) in [6, 6.07) is 99.3. The Balaban J connectivity index is 0.895. The number of para-hydroxylation sites is 1. The van der Waals surface area contributed by atoms with Crippen molar-refractivity contribution in [2.45, 2.75) is 5.41 Å². The van der Waals surface area contributed by atoms with Gasteiger partial charge in [-0.05, 0) is 145 Å². The van der Waals surface area contributed by atoms with Crippen LogP contribution in [0.2, 0.25) is 0 Å². The van der Waals surface area contributed by atoms with Crippen LogP contribution in [0.4, 0.5) is 17.1 Å². The molecule has 0 atom stereocenters. The molecule has 2 heteroatoms. The molecule has 2 nitrogen and oxygen atoms in total. The molecule has 1 aliphatic rings. The first kappa shape index (κ1) is 40.3. The molecule has 0 spiro atoms. The van der Waals surface area contributed by atoms with E-state index in [1.165, 1.54) is 61.2 Å². The van der Waals surface area contributed by atoms with Crippen LogP contribution < -0.4 is 4.90 Å². The normalized spacial score (nSPS) is 12.5. The van der Waals surface area contributed by atoms with Gasteiger partial charge in [0.2, 0.25) is 0 Å². The second-order valence-corrected chi connectivity index (χ2v) is 18.0. The quantitative estimate of drug-likeness (QED) is 0.144. The Morgan fingerprint density at radius 3 is 1.23 bits per heavy atom. The summed E-state index contributed by atoms with van der Waals surface area (Å²) in [6.45, 7) is 0. The summed E-state index contributed by atoms with van der Waals surface area (Å²) in [5.74, 6) is 0. The second kappa shape index (κ2) is 16.7. The van der Waals surface area contributed by atoms with E-state index in [1.54, 1.807) is 0 Å². The van der Waals surface area contributed by atoms with Gasteiger partial charge in [0, 0.05) is 27.8 Å². The monoisotopic (exact) mass is 879 g/mol. The summed E-state index contributed by atoms with van der Waals surface area (Å²) in [7, 11) is 0. The molecule has 0 unspecified atom stereocenters. The zero-order valence-electron chi connectivity index (χ0n) is 37.8. The first-order chi connectivity index (χ1) is 34.2. The number of anilines is 3. The maximum absolute atomic E-state index is 6.15. The van der Waals surface area contributed by atoms with Gasteiger partial charge >= 0.3 is 0 Å². The third-order valence-electron chi connectivity index (χ3n) is 14.2. The zero-order chi connectivity index (χ0) is 45.7. The van der Waals surface area contributed by atoms with Crippen molar-refractivity contribution in [3.05, 3.63) is 295 Å². The second-order valence-electron chi connectivity index (χ2n) is 18.0. The maximum Gasteiger partial charge on any atom is 0.135 e. The summed E-state index contributed by atoms with van der Waals surface area (Å²) in [4.78, 5) is 2.38. The van der Waals surface area contributed by atoms with Crippen molar-refractivity contribution in [1.29, 1.82) is 0 Å². The first-order valence-corrected chi connectivity index (χ1v) is 23.7. The molecule has 13 rings (SSSR count). The van der Waals surface area contributed by atoms with Crippen molar-refractivity contribution < 1.29 is 4.42 Å². The Hall–Kier alpha value is -8.98. The predicted octanol–water partition coefficient (Wildman–Crippen LogP) is 18.1. The average molecular weight is 880 g/mol. The minimum Gasteiger partial charge on any atom is -0.456 e. The third-order valence-corrected chi connectivity index (χ3v) is 14.2. The molecule has 1 aliphatic carbocycles. The van der Waals surface area contributed by atoms with Gasteiger partial charge in [0.05, 0.1) is 5.41 Å². The first-order valence-electron chi connectivity index (χ1n) is 23.7. The Kier molecular flexibility index (Phi) is 9.77. The minimum atomic E-state index is -0.470. The molecule has 0 saturated heterocycles. The maximum atomic E-state index is 6.15. The highest BCUT2D eigenvalue weighted by atomic mass is 16.3. The molecule has 12 aromatic rings. The fourth-order valence-electron chi connectivity index (χ4n) is 10.9. The van der Waals surface area contributed by atoms with Gasteiger partial charge < -0.3 is 9.32 Å². The molecule has 11 aromatic carbocycles. The van der Waals surface area contributed by atoms with E-state index in [1.807, 2.05) is 12.1 Å². The van der Waals surface area contributed by atoms with Crippen molar-refractivity contribution >= 4 is 39.0 Å². The van der Waals surface area contributed by atoms with E-state index in [0.717, 1.165) is 55.7 Å². The summed E-state index contributed by atoms with van der Waals surface area (Å²) in [5.41, 5.74) is 21.7. The van der Waals surface area contributed by atoms with Crippen LogP contribution in [0.3, 0.4) is 0 Å². The van der Waals surface area contributed by atoms with Crippen molar-refractivity contribution in [3.8, 4) is 55.6 Å². The van der Waals surface area contributed by atoms with E-state index < -0.39 is 5.41 Å². The van der Waals surface area contributed by atoms with E-state index in [-0.39, 0.29) is 0 Å². The Labute approximate surface area is 402 Å². The predicted molar refractivity (Wildman–Crippen MR) is 287 cm³/mol. The van der Waals surface area contributed by atoms with Crippen molar-refractivity contribution in [2.75, 3.05) is 4.90 Å². The Morgan fingerprint density at radius 1 is 0.261 bits per heavy atom. The van der Waals surface area contributed by atoms with Gasteiger partial charge in [-0.25, -0.2) is 0 Å². The van der Waals surface area contributed by atoms with Crippen molar-refractivity contribution in [3.63, 3.8) is 0 Å². The molecule has 0 amide bonds. The number of benzene rings is 11. The van der Waals surface area contributed by atoms with Gasteiger partial charge in [-0.2, -0.15) is 0 Å². The highest BCUT2D eigenvalue weighted by Crippen LogP contribution is 2.56. The van der Waals surface area contributed by atoms with E-state index >= 15 is 0 Å². The van der Waals surface area contributed by atoms with E-state index in [4.69, 9.17) is 4.42 Å². The van der Waals surface area contributed by atoms with Gasteiger partial charge in [0.15, 0.2) is 0 Å². The third kappa shape index (κ3) is 6.88. The van der Waals surface area contributed by atoms with Gasteiger partial charge in [-0.15, -0.1) is 0 Å². The highest BCUT2D eigenvalue weighted by Gasteiger charge is 2.45. The molecule has 0 fully saturated rings. The summed E-state index contributed by atoms with van der Waals surface area (Å²) in [5, 5.41) is 2.27. The lowest BCUT2D eigenvalue weighted by molar-refractivity contribution is 0.669.